The summed E-state index contributed by atoms with van der Waals surface area (Å²) in [6.45, 7) is 5.41. The lowest BCUT2D eigenvalue weighted by atomic mass is 10.0. The third-order valence-electron chi connectivity index (χ3n) is 2.95. The van der Waals surface area contributed by atoms with Gasteiger partial charge in [0.05, 0.1) is 13.2 Å². The minimum absolute atomic E-state index is 0.197. The number of benzene rings is 1. The molecule has 0 saturated carbocycles. The van der Waals surface area contributed by atoms with Crippen molar-refractivity contribution >= 4 is 12.4 Å². The highest BCUT2D eigenvalue weighted by molar-refractivity contribution is 5.69. The van der Waals surface area contributed by atoms with Gasteiger partial charge in [-0.3, -0.25) is 0 Å². The lowest BCUT2D eigenvalue weighted by Crippen LogP contribution is -2.36. The highest BCUT2D eigenvalue weighted by atomic mass is 16.6. The summed E-state index contributed by atoms with van der Waals surface area (Å²) >= 11 is 0. The normalized spacial score (nSPS) is 12.4. The Bertz CT molecular complexity index is 493. The van der Waals surface area contributed by atoms with Crippen LogP contribution in [0.1, 0.15) is 38.8 Å². The first-order chi connectivity index (χ1) is 9.78. The average molecular weight is 293 g/mol. The largest absolute Gasteiger partial charge is 0.497 e. The quantitative estimate of drug-likeness (QED) is 0.782. The minimum atomic E-state index is -0.578. The summed E-state index contributed by atoms with van der Waals surface area (Å²) in [4.78, 5) is 24.5. The van der Waals surface area contributed by atoms with Gasteiger partial charge in [-0.1, -0.05) is 12.1 Å². The van der Waals surface area contributed by atoms with Crippen LogP contribution in [0.25, 0.3) is 0 Å². The molecule has 0 aliphatic rings. The molecule has 0 heterocycles. The number of hydrogen-bond donors (Lipinski definition) is 0. The fraction of sp³-hybridized carbons (Fsp3) is 0.500. The van der Waals surface area contributed by atoms with Crippen molar-refractivity contribution in [3.63, 3.8) is 0 Å². The van der Waals surface area contributed by atoms with Crippen molar-refractivity contribution in [2.24, 2.45) is 0 Å². The van der Waals surface area contributed by atoms with Gasteiger partial charge in [-0.05, 0) is 38.5 Å². The Morgan fingerprint density at radius 2 is 2.05 bits per heavy atom. The minimum Gasteiger partial charge on any atom is -0.497 e. The molecule has 5 heteroatoms. The number of nitrogens with zero attached hydrogens (tertiary/aromatic N) is 1. The molecule has 1 amide bonds. The fourth-order valence-electron chi connectivity index (χ4n) is 1.92. The SMILES string of the molecule is COc1cccc(C(CC=O)N(C)C(=O)OC(C)(C)C)c1. The Kier molecular flexibility index (Phi) is 5.76. The molecule has 116 valence electrons. The van der Waals surface area contributed by atoms with Crippen LogP contribution in [0.15, 0.2) is 24.3 Å². The van der Waals surface area contributed by atoms with Crippen LogP contribution in [0, 0.1) is 0 Å². The topological polar surface area (TPSA) is 55.8 Å². The molecule has 21 heavy (non-hydrogen) atoms. The smallest absolute Gasteiger partial charge is 0.410 e. The number of hydrogen-bond acceptors (Lipinski definition) is 4. The standard InChI is InChI=1S/C16H23NO4/c1-16(2,3)21-15(19)17(4)14(9-10-18)12-7-6-8-13(11-12)20-5/h6-8,10-11,14H,9H2,1-5H3. The lowest BCUT2D eigenvalue weighted by molar-refractivity contribution is -0.108. The summed E-state index contributed by atoms with van der Waals surface area (Å²) in [6, 6.07) is 6.93. The van der Waals surface area contributed by atoms with Crippen molar-refractivity contribution in [2.75, 3.05) is 14.2 Å². The van der Waals surface area contributed by atoms with E-state index in [0.29, 0.717) is 5.75 Å². The number of aldehydes is 1. The van der Waals surface area contributed by atoms with Crippen LogP contribution >= 0.6 is 0 Å². The van der Waals surface area contributed by atoms with Crippen LogP contribution in [0.3, 0.4) is 0 Å². The van der Waals surface area contributed by atoms with Gasteiger partial charge in [0.25, 0.3) is 0 Å². The summed E-state index contributed by atoms with van der Waals surface area (Å²) in [5.74, 6) is 0.681. The maximum absolute atomic E-state index is 12.2. The summed E-state index contributed by atoms with van der Waals surface area (Å²) in [6.07, 6.45) is 0.533. The Labute approximate surface area is 125 Å². The molecule has 0 bridgehead atoms. The molecule has 0 N–H and O–H groups in total. The van der Waals surface area contributed by atoms with Crippen molar-refractivity contribution in [1.82, 2.24) is 4.90 Å². The van der Waals surface area contributed by atoms with Gasteiger partial charge in [-0.25, -0.2) is 4.79 Å². The first kappa shape index (κ1) is 17.0. The second-order valence-corrected chi connectivity index (χ2v) is 5.79. The molecule has 1 unspecified atom stereocenters. The molecule has 0 aliphatic heterocycles. The van der Waals surface area contributed by atoms with E-state index in [9.17, 15) is 9.59 Å². The van der Waals surface area contributed by atoms with Crippen LogP contribution in [0.4, 0.5) is 4.79 Å². The number of amides is 1. The first-order valence-corrected chi connectivity index (χ1v) is 6.82. The van der Waals surface area contributed by atoms with Crippen molar-refractivity contribution in [2.45, 2.75) is 38.8 Å². The maximum atomic E-state index is 12.2. The molecular formula is C16H23NO4. The fourth-order valence-corrected chi connectivity index (χ4v) is 1.92. The molecule has 1 aromatic rings. The van der Waals surface area contributed by atoms with Crippen LogP contribution in [-0.4, -0.2) is 37.0 Å². The van der Waals surface area contributed by atoms with Crippen molar-refractivity contribution in [3.05, 3.63) is 29.8 Å². The molecular weight excluding hydrogens is 270 g/mol. The Balaban J connectivity index is 2.99. The van der Waals surface area contributed by atoms with Crippen LogP contribution in [0.2, 0.25) is 0 Å². The van der Waals surface area contributed by atoms with Gasteiger partial charge in [0.1, 0.15) is 17.6 Å². The van der Waals surface area contributed by atoms with Crippen molar-refractivity contribution in [1.29, 1.82) is 0 Å². The maximum Gasteiger partial charge on any atom is 0.410 e. The zero-order chi connectivity index (χ0) is 16.0. The van der Waals surface area contributed by atoms with Gasteiger partial charge < -0.3 is 19.2 Å². The molecule has 0 aliphatic carbocycles. The van der Waals surface area contributed by atoms with E-state index in [1.165, 1.54) is 4.90 Å². The number of rotatable bonds is 5. The highest BCUT2D eigenvalue weighted by Gasteiger charge is 2.26. The van der Waals surface area contributed by atoms with E-state index in [-0.39, 0.29) is 12.5 Å². The van der Waals surface area contributed by atoms with Gasteiger partial charge in [0, 0.05) is 13.5 Å². The van der Waals surface area contributed by atoms with Gasteiger partial charge in [-0.15, -0.1) is 0 Å². The van der Waals surface area contributed by atoms with E-state index in [4.69, 9.17) is 9.47 Å². The molecule has 1 aromatic carbocycles. The number of methoxy groups -OCH3 is 1. The summed E-state index contributed by atoms with van der Waals surface area (Å²) < 4.78 is 10.5. The molecule has 0 radical (unpaired) electrons. The molecule has 0 spiro atoms. The molecule has 0 aromatic heterocycles. The number of carbonyl (C=O) groups is 2. The zero-order valence-corrected chi connectivity index (χ0v) is 13.3. The lowest BCUT2D eigenvalue weighted by Gasteiger charge is -2.30. The first-order valence-electron chi connectivity index (χ1n) is 6.82. The molecule has 5 nitrogen and oxygen atoms in total. The predicted octanol–water partition coefficient (Wildman–Crippen LogP) is 3.19. The number of carbonyl (C=O) groups excluding carboxylic acids is 2. The van der Waals surface area contributed by atoms with E-state index in [1.807, 2.05) is 24.3 Å². The van der Waals surface area contributed by atoms with E-state index in [0.717, 1.165) is 11.8 Å². The van der Waals surface area contributed by atoms with Gasteiger partial charge in [-0.2, -0.15) is 0 Å². The third-order valence-corrected chi connectivity index (χ3v) is 2.95. The summed E-state index contributed by atoms with van der Waals surface area (Å²) in [5, 5.41) is 0. The summed E-state index contributed by atoms with van der Waals surface area (Å²) in [7, 11) is 3.20. The molecule has 1 atom stereocenters. The van der Waals surface area contributed by atoms with Gasteiger partial charge in [0.15, 0.2) is 0 Å². The number of ether oxygens (including phenoxy) is 2. The van der Waals surface area contributed by atoms with Crippen molar-refractivity contribution < 1.29 is 19.1 Å². The third kappa shape index (κ3) is 5.10. The zero-order valence-electron chi connectivity index (χ0n) is 13.3. The second kappa shape index (κ2) is 7.11. The molecule has 0 saturated heterocycles. The van der Waals surface area contributed by atoms with E-state index in [2.05, 4.69) is 0 Å². The molecule has 1 rings (SSSR count). The Morgan fingerprint density at radius 1 is 1.38 bits per heavy atom. The van der Waals surface area contributed by atoms with Gasteiger partial charge in [0.2, 0.25) is 0 Å². The van der Waals surface area contributed by atoms with E-state index >= 15 is 0 Å². The van der Waals surface area contributed by atoms with Crippen LogP contribution in [-0.2, 0) is 9.53 Å². The average Bonchev–Trinajstić information content (AvgIpc) is 2.42. The predicted molar refractivity (Wildman–Crippen MR) is 80.4 cm³/mol. The van der Waals surface area contributed by atoms with Crippen molar-refractivity contribution in [3.8, 4) is 5.75 Å². The monoisotopic (exact) mass is 293 g/mol. The van der Waals surface area contributed by atoms with Crippen LogP contribution in [0.5, 0.6) is 5.75 Å². The summed E-state index contributed by atoms with van der Waals surface area (Å²) in [5.41, 5.74) is 0.251. The second-order valence-electron chi connectivity index (χ2n) is 5.79. The highest BCUT2D eigenvalue weighted by Crippen LogP contribution is 2.27. The Morgan fingerprint density at radius 3 is 2.57 bits per heavy atom. The van der Waals surface area contributed by atoms with Gasteiger partial charge >= 0.3 is 6.09 Å². The molecule has 0 fully saturated rings. The van der Waals surface area contributed by atoms with E-state index < -0.39 is 11.7 Å². The van der Waals surface area contributed by atoms with E-state index in [1.54, 1.807) is 34.9 Å². The van der Waals surface area contributed by atoms with Crippen LogP contribution < -0.4 is 4.74 Å². The Hall–Kier alpha value is -2.04.